The van der Waals surface area contributed by atoms with Crippen molar-refractivity contribution in [2.45, 2.75) is 32.4 Å². The van der Waals surface area contributed by atoms with Gasteiger partial charge in [0.05, 0.1) is 26.0 Å². The number of aryl methyl sites for hydroxylation is 1. The normalized spacial score (nSPS) is 18.1. The summed E-state index contributed by atoms with van der Waals surface area (Å²) in [7, 11) is 3.31. The number of likely N-dealkylation sites (tertiary alicyclic amines) is 1. The van der Waals surface area contributed by atoms with Crippen molar-refractivity contribution in [1.82, 2.24) is 14.9 Å². The van der Waals surface area contributed by atoms with Gasteiger partial charge in [0.25, 0.3) is 0 Å². The molecule has 0 bridgehead atoms. The lowest BCUT2D eigenvalue weighted by molar-refractivity contribution is 0.235. The van der Waals surface area contributed by atoms with Gasteiger partial charge in [0.2, 0.25) is 0 Å². The van der Waals surface area contributed by atoms with Crippen LogP contribution in [0.4, 0.5) is 0 Å². The Morgan fingerprint density at radius 1 is 1.22 bits per heavy atom. The van der Waals surface area contributed by atoms with E-state index in [0.29, 0.717) is 6.04 Å². The van der Waals surface area contributed by atoms with Crippen LogP contribution in [-0.4, -0.2) is 35.6 Å². The van der Waals surface area contributed by atoms with Gasteiger partial charge < -0.3 is 9.47 Å². The molecule has 0 saturated carbocycles. The molecule has 23 heavy (non-hydrogen) atoms. The third kappa shape index (κ3) is 3.29. The lowest BCUT2D eigenvalue weighted by atomic mass is 10.1. The summed E-state index contributed by atoms with van der Waals surface area (Å²) in [4.78, 5) is 11.6. The number of ether oxygens (including phenoxy) is 2. The Hall–Kier alpha value is -2.14. The van der Waals surface area contributed by atoms with Crippen molar-refractivity contribution in [3.8, 4) is 11.5 Å². The number of rotatable bonds is 5. The molecule has 122 valence electrons. The highest BCUT2D eigenvalue weighted by atomic mass is 16.5. The van der Waals surface area contributed by atoms with Crippen LogP contribution < -0.4 is 9.47 Å². The van der Waals surface area contributed by atoms with Crippen LogP contribution in [0.25, 0.3) is 0 Å². The molecule has 0 spiro atoms. The average molecular weight is 313 g/mol. The molecule has 1 aliphatic heterocycles. The Labute approximate surface area is 137 Å². The predicted molar refractivity (Wildman–Crippen MR) is 88.7 cm³/mol. The fraction of sp³-hybridized carbons (Fsp3) is 0.444. The fourth-order valence-corrected chi connectivity index (χ4v) is 3.26. The highest BCUT2D eigenvalue weighted by molar-refractivity contribution is 5.42. The maximum atomic E-state index is 5.51. The lowest BCUT2D eigenvalue weighted by Gasteiger charge is -2.24. The van der Waals surface area contributed by atoms with Gasteiger partial charge in [-0.15, -0.1) is 0 Å². The minimum Gasteiger partial charge on any atom is -0.493 e. The van der Waals surface area contributed by atoms with E-state index in [4.69, 9.17) is 14.5 Å². The van der Waals surface area contributed by atoms with E-state index in [-0.39, 0.29) is 0 Å². The zero-order chi connectivity index (χ0) is 16.2. The average Bonchev–Trinajstić information content (AvgIpc) is 3.02. The molecule has 1 atom stereocenters. The number of aromatic nitrogens is 2. The van der Waals surface area contributed by atoms with Crippen molar-refractivity contribution in [2.24, 2.45) is 0 Å². The van der Waals surface area contributed by atoms with Crippen molar-refractivity contribution in [2.75, 3.05) is 20.8 Å². The molecule has 0 radical (unpaired) electrons. The van der Waals surface area contributed by atoms with Crippen molar-refractivity contribution in [3.63, 3.8) is 0 Å². The van der Waals surface area contributed by atoms with E-state index in [1.54, 1.807) is 20.4 Å². The van der Waals surface area contributed by atoms with Gasteiger partial charge in [-0.25, -0.2) is 0 Å². The summed E-state index contributed by atoms with van der Waals surface area (Å²) < 4.78 is 10.9. The van der Waals surface area contributed by atoms with E-state index in [1.165, 1.54) is 6.42 Å². The first kappa shape index (κ1) is 15.7. The minimum absolute atomic E-state index is 0.340. The molecule has 3 heterocycles. The monoisotopic (exact) mass is 313 g/mol. The van der Waals surface area contributed by atoms with E-state index in [9.17, 15) is 0 Å². The van der Waals surface area contributed by atoms with Crippen molar-refractivity contribution >= 4 is 0 Å². The zero-order valence-corrected chi connectivity index (χ0v) is 14.0. The van der Waals surface area contributed by atoms with Gasteiger partial charge in [0, 0.05) is 24.5 Å². The number of methoxy groups -OCH3 is 2. The summed E-state index contributed by atoms with van der Waals surface area (Å²) in [6, 6.07) is 8.40. The van der Waals surface area contributed by atoms with Crippen molar-refractivity contribution in [3.05, 3.63) is 47.5 Å². The van der Waals surface area contributed by atoms with Crippen LogP contribution in [0.3, 0.4) is 0 Å². The van der Waals surface area contributed by atoms with Crippen LogP contribution in [-0.2, 0) is 6.54 Å². The van der Waals surface area contributed by atoms with Gasteiger partial charge in [-0.1, -0.05) is 6.07 Å². The first-order valence-corrected chi connectivity index (χ1v) is 7.96. The highest BCUT2D eigenvalue weighted by Crippen LogP contribution is 2.35. The van der Waals surface area contributed by atoms with E-state index >= 15 is 0 Å². The summed E-state index contributed by atoms with van der Waals surface area (Å²) >= 11 is 0. The topological polar surface area (TPSA) is 47.5 Å². The molecule has 0 N–H and O–H groups in total. The first-order chi connectivity index (χ1) is 11.2. The molecule has 5 nitrogen and oxygen atoms in total. The summed E-state index contributed by atoms with van der Waals surface area (Å²) in [5, 5.41) is 0. The van der Waals surface area contributed by atoms with Gasteiger partial charge in [-0.2, -0.15) is 0 Å². The third-order valence-corrected chi connectivity index (χ3v) is 4.33. The van der Waals surface area contributed by atoms with E-state index in [1.807, 2.05) is 19.1 Å². The lowest BCUT2D eigenvalue weighted by Crippen LogP contribution is -2.24. The Bertz CT molecular complexity index is 675. The molecular weight excluding hydrogens is 290 g/mol. The minimum atomic E-state index is 0.340. The molecule has 2 aromatic heterocycles. The maximum absolute atomic E-state index is 5.51. The van der Waals surface area contributed by atoms with Crippen LogP contribution >= 0.6 is 0 Å². The highest BCUT2D eigenvalue weighted by Gasteiger charge is 2.28. The molecule has 1 aliphatic rings. The zero-order valence-electron chi connectivity index (χ0n) is 14.0. The Morgan fingerprint density at radius 3 is 2.83 bits per heavy atom. The maximum Gasteiger partial charge on any atom is 0.183 e. The van der Waals surface area contributed by atoms with E-state index in [0.717, 1.165) is 48.1 Å². The Balaban J connectivity index is 1.85. The number of pyridine rings is 2. The Kier molecular flexibility index (Phi) is 4.76. The number of hydrogen-bond acceptors (Lipinski definition) is 5. The molecule has 2 aromatic rings. The van der Waals surface area contributed by atoms with Crippen LogP contribution in [0.1, 0.15) is 36.0 Å². The van der Waals surface area contributed by atoms with Gasteiger partial charge in [-0.3, -0.25) is 14.9 Å². The quantitative estimate of drug-likeness (QED) is 0.848. The van der Waals surface area contributed by atoms with Gasteiger partial charge in [0.15, 0.2) is 11.5 Å². The fourth-order valence-electron chi connectivity index (χ4n) is 3.26. The standard InChI is InChI=1S/C18H23N3O2/c1-13-6-4-7-14(20-13)16-8-5-11-21(16)12-15-18(23-3)17(22-2)9-10-19-15/h4,6-7,9-10,16H,5,8,11-12H2,1-3H3/t16-/m1/s1. The second kappa shape index (κ2) is 6.96. The van der Waals surface area contributed by atoms with Crippen LogP contribution in [0.5, 0.6) is 11.5 Å². The van der Waals surface area contributed by atoms with Crippen LogP contribution in [0.15, 0.2) is 30.5 Å². The second-order valence-electron chi connectivity index (χ2n) is 5.83. The third-order valence-electron chi connectivity index (χ3n) is 4.33. The summed E-state index contributed by atoms with van der Waals surface area (Å²) in [5.74, 6) is 1.44. The first-order valence-electron chi connectivity index (χ1n) is 7.96. The van der Waals surface area contributed by atoms with Crippen LogP contribution in [0.2, 0.25) is 0 Å². The van der Waals surface area contributed by atoms with Gasteiger partial charge >= 0.3 is 0 Å². The van der Waals surface area contributed by atoms with Gasteiger partial charge in [-0.05, 0) is 38.4 Å². The molecule has 0 aromatic carbocycles. The summed E-state index contributed by atoms with van der Waals surface area (Å²) in [6.07, 6.45) is 4.07. The SMILES string of the molecule is COc1ccnc(CN2CCC[C@@H]2c2cccc(C)n2)c1OC. The second-order valence-corrected chi connectivity index (χ2v) is 5.83. The smallest absolute Gasteiger partial charge is 0.183 e. The largest absolute Gasteiger partial charge is 0.493 e. The molecule has 1 saturated heterocycles. The van der Waals surface area contributed by atoms with Gasteiger partial charge in [0.1, 0.15) is 5.69 Å². The van der Waals surface area contributed by atoms with Crippen molar-refractivity contribution in [1.29, 1.82) is 0 Å². The Morgan fingerprint density at radius 2 is 2.09 bits per heavy atom. The summed E-state index contributed by atoms with van der Waals surface area (Å²) in [6.45, 7) is 3.82. The molecule has 5 heteroatoms. The van der Waals surface area contributed by atoms with E-state index < -0.39 is 0 Å². The molecule has 0 unspecified atom stereocenters. The van der Waals surface area contributed by atoms with Crippen molar-refractivity contribution < 1.29 is 9.47 Å². The molecule has 0 aliphatic carbocycles. The number of hydrogen-bond donors (Lipinski definition) is 0. The van der Waals surface area contributed by atoms with Crippen LogP contribution in [0, 0.1) is 6.92 Å². The molecular formula is C18H23N3O2. The number of nitrogens with zero attached hydrogens (tertiary/aromatic N) is 3. The predicted octanol–water partition coefficient (Wildman–Crippen LogP) is 3.14. The van der Waals surface area contributed by atoms with E-state index in [2.05, 4.69) is 22.0 Å². The molecule has 0 amide bonds. The summed E-state index contributed by atoms with van der Waals surface area (Å²) in [5.41, 5.74) is 3.11. The molecule has 1 fully saturated rings. The molecule has 3 rings (SSSR count).